The smallest absolute Gasteiger partial charge is 0.413 e. The molecule has 294 valence electrons. The zero-order chi connectivity index (χ0) is 39.0. The third-order valence-corrected chi connectivity index (χ3v) is 12.3. The number of piperazine rings is 1. The van der Waals surface area contributed by atoms with Crippen LogP contribution in [0.15, 0.2) is 12.3 Å². The van der Waals surface area contributed by atoms with Crippen LogP contribution in [0.25, 0.3) is 32.4 Å². The molecule has 55 heavy (non-hydrogen) atoms. The fourth-order valence-corrected chi connectivity index (χ4v) is 9.83. The first-order chi connectivity index (χ1) is 26.0. The molecule has 4 saturated heterocycles. The Hall–Kier alpha value is -4.37. The molecule has 4 aliphatic heterocycles. The summed E-state index contributed by atoms with van der Waals surface area (Å²) < 4.78 is 35.8. The summed E-state index contributed by atoms with van der Waals surface area (Å²) in [6.07, 6.45) is 6.73. The number of benzene rings is 1. The Morgan fingerprint density at radius 2 is 1.64 bits per heavy atom. The molecular formula is C40H51FN8O5S. The number of halogens is 1. The Kier molecular flexibility index (Phi) is 9.34. The highest BCUT2D eigenvalue weighted by Crippen LogP contribution is 2.43. The number of thiazole rings is 1. The van der Waals surface area contributed by atoms with Gasteiger partial charge in [-0.15, -0.1) is 0 Å². The van der Waals surface area contributed by atoms with Crippen molar-refractivity contribution in [2.75, 3.05) is 43.0 Å². The maximum absolute atomic E-state index is 17.4. The van der Waals surface area contributed by atoms with Crippen LogP contribution >= 0.6 is 11.3 Å². The lowest BCUT2D eigenvalue weighted by atomic mass is 9.95. The van der Waals surface area contributed by atoms with Gasteiger partial charge in [0.2, 0.25) is 0 Å². The van der Waals surface area contributed by atoms with Gasteiger partial charge in [0.25, 0.3) is 0 Å². The molecule has 0 radical (unpaired) electrons. The van der Waals surface area contributed by atoms with E-state index in [1.54, 1.807) is 27.0 Å². The van der Waals surface area contributed by atoms with Crippen molar-refractivity contribution in [3.05, 3.63) is 29.2 Å². The van der Waals surface area contributed by atoms with Crippen LogP contribution in [0.2, 0.25) is 0 Å². The topological polar surface area (TPSA) is 135 Å². The lowest BCUT2D eigenvalue weighted by Gasteiger charge is -2.42. The quantitative estimate of drug-likeness (QED) is 0.204. The highest BCUT2D eigenvalue weighted by atomic mass is 32.1. The first-order valence-corrected chi connectivity index (χ1v) is 20.2. The third kappa shape index (κ3) is 7.13. The number of anilines is 2. The minimum atomic E-state index is -0.682. The molecule has 15 heteroatoms. The maximum Gasteiger partial charge on any atom is 0.413 e. The molecule has 0 saturated carbocycles. The fourth-order valence-electron chi connectivity index (χ4n) is 8.87. The minimum absolute atomic E-state index is 0.0570. The van der Waals surface area contributed by atoms with Gasteiger partial charge in [-0.25, -0.2) is 19.0 Å². The van der Waals surface area contributed by atoms with Gasteiger partial charge in [0.1, 0.15) is 34.8 Å². The first kappa shape index (κ1) is 37.5. The van der Waals surface area contributed by atoms with Crippen LogP contribution in [-0.4, -0.2) is 104 Å². The molecule has 4 fully saturated rings. The Bertz CT molecular complexity index is 2160. The van der Waals surface area contributed by atoms with Gasteiger partial charge in [-0.2, -0.15) is 9.97 Å². The number of fused-ring (bicyclic) bond motifs is 5. The highest BCUT2D eigenvalue weighted by Gasteiger charge is 2.46. The number of carbonyl (C=O) groups excluding carboxylic acids is 2. The molecule has 0 aliphatic carbocycles. The number of nitrogens with zero attached hydrogens (tertiary/aromatic N) is 7. The number of amides is 2. The van der Waals surface area contributed by atoms with Gasteiger partial charge < -0.3 is 19.1 Å². The summed E-state index contributed by atoms with van der Waals surface area (Å²) in [5.41, 5.74) is 1.66. The Morgan fingerprint density at radius 1 is 0.964 bits per heavy atom. The zero-order valence-electron chi connectivity index (χ0n) is 33.0. The van der Waals surface area contributed by atoms with Crippen molar-refractivity contribution in [1.82, 2.24) is 29.7 Å². The predicted molar refractivity (Wildman–Crippen MR) is 211 cm³/mol. The minimum Gasteiger partial charge on any atom is -0.461 e. The molecule has 0 unspecified atom stereocenters. The number of aryl methyl sites for hydroxylation is 1. The second-order valence-electron chi connectivity index (χ2n) is 17.6. The molecule has 3 aromatic heterocycles. The van der Waals surface area contributed by atoms with Crippen LogP contribution in [0.3, 0.4) is 0 Å². The second kappa shape index (κ2) is 13.7. The molecule has 7 heterocycles. The molecule has 4 aromatic rings. The highest BCUT2D eigenvalue weighted by molar-refractivity contribution is 7.22. The van der Waals surface area contributed by atoms with Crippen molar-refractivity contribution in [1.29, 1.82) is 0 Å². The van der Waals surface area contributed by atoms with Gasteiger partial charge in [0.05, 0.1) is 33.2 Å². The monoisotopic (exact) mass is 774 g/mol. The van der Waals surface area contributed by atoms with E-state index >= 15 is 4.39 Å². The first-order valence-electron chi connectivity index (χ1n) is 19.4. The predicted octanol–water partition coefficient (Wildman–Crippen LogP) is 8.00. The van der Waals surface area contributed by atoms with Gasteiger partial charge in [-0.05, 0) is 124 Å². The number of rotatable bonds is 6. The van der Waals surface area contributed by atoms with Crippen molar-refractivity contribution in [3.63, 3.8) is 0 Å². The number of pyridine rings is 1. The van der Waals surface area contributed by atoms with E-state index in [1.807, 2.05) is 45.6 Å². The van der Waals surface area contributed by atoms with Gasteiger partial charge in [0.15, 0.2) is 10.9 Å². The van der Waals surface area contributed by atoms with E-state index < -0.39 is 23.1 Å². The molecule has 8 rings (SSSR count). The van der Waals surface area contributed by atoms with E-state index in [2.05, 4.69) is 15.1 Å². The van der Waals surface area contributed by atoms with Crippen molar-refractivity contribution in [2.24, 2.45) is 0 Å². The van der Waals surface area contributed by atoms with Gasteiger partial charge >= 0.3 is 18.2 Å². The number of aromatic nitrogens is 4. The summed E-state index contributed by atoms with van der Waals surface area (Å²) >= 11 is 1.29. The van der Waals surface area contributed by atoms with Crippen molar-refractivity contribution >= 4 is 55.6 Å². The standard InChI is InChI=1S/C40H51FN8O5S/c1-22-17-27-31(44-35(55-27)46-36(50)53-38(3,4)5)28(23(22)2)32-29(41)30-26(18-42-32)33(45-34(43-30)52-21-40-13-9-15-48(40)16-10-14-40)47-19-24-11-12-25(20-47)49(24)37(51)54-39(6,7)8/h17-18,24-25H,9-16,19-21H2,1-8H3,(H,44,46,50)/t24-,25+. The molecule has 0 spiro atoms. The number of nitrogens with one attached hydrogen (secondary N) is 1. The Morgan fingerprint density at radius 3 is 2.29 bits per heavy atom. The van der Waals surface area contributed by atoms with Gasteiger partial charge in [-0.3, -0.25) is 20.1 Å². The lowest BCUT2D eigenvalue weighted by molar-refractivity contribution is 0.0122. The average Bonchev–Trinajstić information content (AvgIpc) is 3.84. The van der Waals surface area contributed by atoms with Crippen LogP contribution in [0, 0.1) is 19.7 Å². The van der Waals surface area contributed by atoms with Crippen molar-refractivity contribution in [2.45, 2.75) is 123 Å². The molecular weight excluding hydrogens is 724 g/mol. The summed E-state index contributed by atoms with van der Waals surface area (Å²) in [4.78, 5) is 51.7. The molecule has 1 N–H and O–H groups in total. The molecule has 2 amide bonds. The number of carbonyl (C=O) groups is 2. The molecule has 2 bridgehead atoms. The number of hydrogen-bond donors (Lipinski definition) is 1. The van der Waals surface area contributed by atoms with Crippen molar-refractivity contribution in [3.8, 4) is 17.3 Å². The van der Waals surface area contributed by atoms with E-state index in [9.17, 15) is 9.59 Å². The summed E-state index contributed by atoms with van der Waals surface area (Å²) in [6, 6.07) is 1.94. The SMILES string of the molecule is Cc1cc2sc(NC(=O)OC(C)(C)C)nc2c(-c2ncc3c(N4C[C@H]5CC[C@@H](C4)N5C(=O)OC(C)(C)C)nc(OCC45CCCN4CCC5)nc3c2F)c1C. The van der Waals surface area contributed by atoms with Crippen molar-refractivity contribution < 1.29 is 28.2 Å². The Labute approximate surface area is 324 Å². The molecule has 4 aliphatic rings. The van der Waals surface area contributed by atoms with Crippen LogP contribution in [0.1, 0.15) is 91.2 Å². The molecule has 1 aromatic carbocycles. The van der Waals surface area contributed by atoms with Crippen LogP contribution in [0.4, 0.5) is 24.9 Å². The second-order valence-corrected chi connectivity index (χ2v) is 18.6. The van der Waals surface area contributed by atoms with Crippen LogP contribution in [-0.2, 0) is 9.47 Å². The summed E-state index contributed by atoms with van der Waals surface area (Å²) in [5, 5.41) is 3.54. The molecule has 2 atom stereocenters. The number of ether oxygens (including phenoxy) is 3. The van der Waals surface area contributed by atoms with E-state index in [0.717, 1.165) is 67.4 Å². The Balaban J connectivity index is 1.20. The zero-order valence-corrected chi connectivity index (χ0v) is 33.9. The molecule has 13 nitrogen and oxygen atoms in total. The van der Waals surface area contributed by atoms with Crippen LogP contribution in [0.5, 0.6) is 6.01 Å². The van der Waals surface area contributed by atoms with Crippen LogP contribution < -0.4 is 15.0 Å². The third-order valence-electron chi connectivity index (χ3n) is 11.4. The summed E-state index contributed by atoms with van der Waals surface area (Å²) in [6.45, 7) is 18.4. The van der Waals surface area contributed by atoms with E-state index in [-0.39, 0.29) is 40.9 Å². The summed E-state index contributed by atoms with van der Waals surface area (Å²) in [7, 11) is 0. The van der Waals surface area contributed by atoms with E-state index in [0.29, 0.717) is 47.1 Å². The van der Waals surface area contributed by atoms with Gasteiger partial charge in [0, 0.05) is 24.8 Å². The normalized spacial score (nSPS) is 21.0. The average molecular weight is 775 g/mol. The van der Waals surface area contributed by atoms with Gasteiger partial charge in [-0.1, -0.05) is 11.3 Å². The van der Waals surface area contributed by atoms with E-state index in [1.165, 1.54) is 11.3 Å². The lowest BCUT2D eigenvalue weighted by Crippen LogP contribution is -2.57. The fraction of sp³-hybridized carbons (Fsp3) is 0.600. The largest absolute Gasteiger partial charge is 0.461 e. The number of hydrogen-bond acceptors (Lipinski definition) is 12. The summed E-state index contributed by atoms with van der Waals surface area (Å²) in [5.74, 6) is -0.0676. The van der Waals surface area contributed by atoms with E-state index in [4.69, 9.17) is 34.1 Å². The maximum atomic E-state index is 17.4.